The van der Waals surface area contributed by atoms with Crippen molar-refractivity contribution in [1.82, 2.24) is 4.98 Å². The Morgan fingerprint density at radius 1 is 1.11 bits per heavy atom. The van der Waals surface area contributed by atoms with Crippen LogP contribution in [0.3, 0.4) is 0 Å². The van der Waals surface area contributed by atoms with E-state index in [4.69, 9.17) is 4.74 Å². The summed E-state index contributed by atoms with van der Waals surface area (Å²) in [5, 5.41) is 0. The van der Waals surface area contributed by atoms with Crippen molar-refractivity contribution in [2.24, 2.45) is 0 Å². The van der Waals surface area contributed by atoms with Crippen molar-refractivity contribution in [2.75, 3.05) is 0 Å². The molecule has 0 radical (unpaired) electrons. The first-order chi connectivity index (χ1) is 8.56. The third-order valence-electron chi connectivity index (χ3n) is 2.31. The molecule has 0 bridgehead atoms. The van der Waals surface area contributed by atoms with Crippen LogP contribution in [-0.4, -0.2) is 11.1 Å². The maximum absolute atomic E-state index is 13.6. The molecule has 2 aromatic rings. The molecule has 0 aliphatic heterocycles. The summed E-state index contributed by atoms with van der Waals surface area (Å²) >= 11 is 0. The van der Waals surface area contributed by atoms with Gasteiger partial charge in [-0.25, -0.2) is 8.78 Å². The zero-order valence-corrected chi connectivity index (χ0v) is 10.2. The Hall–Kier alpha value is -1.97. The van der Waals surface area contributed by atoms with Crippen LogP contribution in [0, 0.1) is 11.6 Å². The van der Waals surface area contributed by atoms with Crippen molar-refractivity contribution in [3.05, 3.63) is 48.2 Å². The van der Waals surface area contributed by atoms with Crippen LogP contribution in [-0.2, 0) is 0 Å². The molecule has 0 saturated heterocycles. The Morgan fingerprint density at radius 3 is 2.56 bits per heavy atom. The molecule has 0 saturated carbocycles. The quantitative estimate of drug-likeness (QED) is 0.825. The van der Waals surface area contributed by atoms with Gasteiger partial charge in [0.2, 0.25) is 0 Å². The van der Waals surface area contributed by atoms with Gasteiger partial charge in [-0.05, 0) is 32.0 Å². The lowest BCUT2D eigenvalue weighted by molar-refractivity contribution is 0.242. The first kappa shape index (κ1) is 12.5. The predicted octanol–water partition coefficient (Wildman–Crippen LogP) is 3.81. The third-order valence-corrected chi connectivity index (χ3v) is 2.31. The molecular formula is C14H13F2NO. The number of nitrogens with zero attached hydrogens (tertiary/aromatic N) is 1. The average Bonchev–Trinajstić information content (AvgIpc) is 2.28. The highest BCUT2D eigenvalue weighted by atomic mass is 19.1. The summed E-state index contributed by atoms with van der Waals surface area (Å²) in [5.74, 6) is -0.631. The Morgan fingerprint density at radius 2 is 1.89 bits per heavy atom. The Balaban J connectivity index is 2.38. The molecule has 0 unspecified atom stereocenters. The molecule has 1 aromatic carbocycles. The number of benzene rings is 1. The molecule has 94 valence electrons. The number of pyridine rings is 1. The lowest BCUT2D eigenvalue weighted by atomic mass is 10.1. The minimum atomic E-state index is -0.635. The second-order valence-electron chi connectivity index (χ2n) is 4.17. The van der Waals surface area contributed by atoms with Gasteiger partial charge in [-0.15, -0.1) is 0 Å². The van der Waals surface area contributed by atoms with Crippen molar-refractivity contribution >= 4 is 0 Å². The number of rotatable bonds is 3. The minimum Gasteiger partial charge on any atom is -0.491 e. The van der Waals surface area contributed by atoms with Crippen molar-refractivity contribution in [3.63, 3.8) is 0 Å². The molecule has 0 spiro atoms. The van der Waals surface area contributed by atoms with Gasteiger partial charge >= 0.3 is 0 Å². The fourth-order valence-electron chi connectivity index (χ4n) is 1.60. The molecule has 0 N–H and O–H groups in total. The Kier molecular flexibility index (Phi) is 3.55. The summed E-state index contributed by atoms with van der Waals surface area (Å²) < 4.78 is 31.9. The van der Waals surface area contributed by atoms with Gasteiger partial charge in [0.25, 0.3) is 0 Å². The van der Waals surface area contributed by atoms with Gasteiger partial charge in [0.1, 0.15) is 17.4 Å². The van der Waals surface area contributed by atoms with Gasteiger partial charge in [-0.3, -0.25) is 4.98 Å². The van der Waals surface area contributed by atoms with E-state index in [1.54, 1.807) is 12.1 Å². The molecule has 1 aromatic heterocycles. The van der Waals surface area contributed by atoms with E-state index in [2.05, 4.69) is 4.98 Å². The molecule has 0 aliphatic rings. The minimum absolute atomic E-state index is 0.0262. The van der Waals surface area contributed by atoms with Gasteiger partial charge in [0.15, 0.2) is 0 Å². The SMILES string of the molecule is CC(C)Oc1ccnc(-c2ccc(F)cc2F)c1. The van der Waals surface area contributed by atoms with E-state index in [1.807, 2.05) is 13.8 Å². The maximum atomic E-state index is 13.6. The second-order valence-corrected chi connectivity index (χ2v) is 4.17. The predicted molar refractivity (Wildman–Crippen MR) is 65.4 cm³/mol. The van der Waals surface area contributed by atoms with Crippen LogP contribution in [0.2, 0.25) is 0 Å². The summed E-state index contributed by atoms with van der Waals surface area (Å²) in [5.41, 5.74) is 0.677. The number of hydrogen-bond donors (Lipinski definition) is 0. The summed E-state index contributed by atoms with van der Waals surface area (Å²) in [6.07, 6.45) is 1.56. The summed E-state index contributed by atoms with van der Waals surface area (Å²) in [4.78, 5) is 4.06. The molecular weight excluding hydrogens is 236 g/mol. The van der Waals surface area contributed by atoms with Gasteiger partial charge < -0.3 is 4.74 Å². The summed E-state index contributed by atoms with van der Waals surface area (Å²) in [7, 11) is 0. The fourth-order valence-corrected chi connectivity index (χ4v) is 1.60. The molecule has 2 nitrogen and oxygen atoms in total. The first-order valence-corrected chi connectivity index (χ1v) is 5.64. The van der Waals surface area contributed by atoms with Crippen LogP contribution in [0.5, 0.6) is 5.75 Å². The maximum Gasteiger partial charge on any atom is 0.135 e. The highest BCUT2D eigenvalue weighted by Crippen LogP contribution is 2.25. The Labute approximate surface area is 104 Å². The van der Waals surface area contributed by atoms with E-state index >= 15 is 0 Å². The monoisotopic (exact) mass is 249 g/mol. The normalized spacial score (nSPS) is 10.7. The van der Waals surface area contributed by atoms with Crippen molar-refractivity contribution in [1.29, 1.82) is 0 Å². The van der Waals surface area contributed by atoms with E-state index in [9.17, 15) is 8.78 Å². The molecule has 0 fully saturated rings. The number of ether oxygens (including phenoxy) is 1. The summed E-state index contributed by atoms with van der Waals surface area (Å²) in [6, 6.07) is 6.75. The lowest BCUT2D eigenvalue weighted by Gasteiger charge is -2.10. The van der Waals surface area contributed by atoms with Crippen LogP contribution < -0.4 is 4.74 Å². The van der Waals surface area contributed by atoms with Crippen LogP contribution in [0.1, 0.15) is 13.8 Å². The van der Waals surface area contributed by atoms with Crippen molar-refractivity contribution < 1.29 is 13.5 Å². The van der Waals surface area contributed by atoms with E-state index in [0.717, 1.165) is 6.07 Å². The van der Waals surface area contributed by atoms with E-state index in [-0.39, 0.29) is 11.7 Å². The van der Waals surface area contributed by atoms with E-state index < -0.39 is 11.6 Å². The van der Waals surface area contributed by atoms with Gasteiger partial charge in [0.05, 0.1) is 11.8 Å². The highest BCUT2D eigenvalue weighted by molar-refractivity contribution is 5.61. The molecule has 4 heteroatoms. The van der Waals surface area contributed by atoms with Crippen molar-refractivity contribution in [2.45, 2.75) is 20.0 Å². The largest absolute Gasteiger partial charge is 0.491 e. The second kappa shape index (κ2) is 5.12. The van der Waals surface area contributed by atoms with E-state index in [0.29, 0.717) is 11.4 Å². The topological polar surface area (TPSA) is 22.1 Å². The number of aromatic nitrogens is 1. The molecule has 0 amide bonds. The zero-order valence-electron chi connectivity index (χ0n) is 10.2. The average molecular weight is 249 g/mol. The molecule has 1 heterocycles. The standard InChI is InChI=1S/C14H13F2NO/c1-9(2)18-11-5-6-17-14(8-11)12-4-3-10(15)7-13(12)16/h3-9H,1-2H3. The fraction of sp³-hybridized carbons (Fsp3) is 0.214. The molecule has 18 heavy (non-hydrogen) atoms. The van der Waals surface area contributed by atoms with Crippen LogP contribution in [0.4, 0.5) is 8.78 Å². The molecule has 2 rings (SSSR count). The van der Waals surface area contributed by atoms with Crippen molar-refractivity contribution in [3.8, 4) is 17.0 Å². The third kappa shape index (κ3) is 2.83. The van der Waals surface area contributed by atoms with Crippen LogP contribution in [0.15, 0.2) is 36.5 Å². The van der Waals surface area contributed by atoms with E-state index in [1.165, 1.54) is 18.3 Å². The number of hydrogen-bond acceptors (Lipinski definition) is 2. The lowest BCUT2D eigenvalue weighted by Crippen LogP contribution is -2.05. The van der Waals surface area contributed by atoms with Gasteiger partial charge in [-0.1, -0.05) is 0 Å². The first-order valence-electron chi connectivity index (χ1n) is 5.64. The van der Waals surface area contributed by atoms with Gasteiger partial charge in [-0.2, -0.15) is 0 Å². The number of halogens is 2. The van der Waals surface area contributed by atoms with Gasteiger partial charge in [0, 0.05) is 23.9 Å². The van der Waals surface area contributed by atoms with Crippen LogP contribution >= 0.6 is 0 Å². The zero-order chi connectivity index (χ0) is 13.1. The van der Waals surface area contributed by atoms with Crippen LogP contribution in [0.25, 0.3) is 11.3 Å². The molecule has 0 atom stereocenters. The summed E-state index contributed by atoms with van der Waals surface area (Å²) in [6.45, 7) is 3.80. The Bertz CT molecular complexity index is 555. The highest BCUT2D eigenvalue weighted by Gasteiger charge is 2.09. The smallest absolute Gasteiger partial charge is 0.135 e. The molecule has 0 aliphatic carbocycles.